The summed E-state index contributed by atoms with van der Waals surface area (Å²) in [6.45, 7) is 1.93. The van der Waals surface area contributed by atoms with E-state index < -0.39 is 27.2 Å². The van der Waals surface area contributed by atoms with Crippen molar-refractivity contribution in [3.8, 4) is 11.1 Å². The predicted molar refractivity (Wildman–Crippen MR) is 119 cm³/mol. The van der Waals surface area contributed by atoms with Crippen LogP contribution < -0.4 is 0 Å². The maximum absolute atomic E-state index is 13.2. The highest BCUT2D eigenvalue weighted by molar-refractivity contribution is 7.92. The average Bonchev–Trinajstić information content (AvgIpc) is 3.31. The highest BCUT2D eigenvalue weighted by Gasteiger charge is 2.50. The van der Waals surface area contributed by atoms with Gasteiger partial charge in [-0.3, -0.25) is 9.88 Å². The van der Waals surface area contributed by atoms with Crippen LogP contribution in [0, 0.1) is 5.82 Å². The van der Waals surface area contributed by atoms with Crippen LogP contribution in [0.15, 0.2) is 71.9 Å². The first-order valence-corrected chi connectivity index (χ1v) is 12.1. The first-order valence-electron chi connectivity index (χ1n) is 10.5. The Morgan fingerprint density at radius 3 is 2.31 bits per heavy atom. The van der Waals surface area contributed by atoms with E-state index in [4.69, 9.17) is 9.90 Å². The summed E-state index contributed by atoms with van der Waals surface area (Å²) in [6.07, 6.45) is -1.52. The molecule has 3 aromatic rings. The second kappa shape index (κ2) is 9.38. The number of benzene rings is 2. The van der Waals surface area contributed by atoms with Gasteiger partial charge in [-0.25, -0.2) is 17.6 Å². The zero-order valence-electron chi connectivity index (χ0n) is 18.1. The van der Waals surface area contributed by atoms with Crippen molar-refractivity contribution in [3.63, 3.8) is 0 Å². The van der Waals surface area contributed by atoms with E-state index in [-0.39, 0.29) is 11.7 Å². The van der Waals surface area contributed by atoms with Gasteiger partial charge in [0.05, 0.1) is 10.1 Å². The number of sulfone groups is 1. The maximum Gasteiger partial charge on any atom is 0.490 e. The molecule has 1 saturated heterocycles. The number of fused-ring (bicyclic) bond motifs is 3. The normalized spacial score (nSPS) is 20.5. The number of alkyl halides is 3. The summed E-state index contributed by atoms with van der Waals surface area (Å²) in [5.74, 6) is -3.07. The Balaban J connectivity index is 0.000000364. The Morgan fingerprint density at radius 2 is 1.71 bits per heavy atom. The monoisotopic (exact) mass is 508 g/mol. The molecule has 0 spiro atoms. The molecule has 5 rings (SSSR count). The highest BCUT2D eigenvalue weighted by Crippen LogP contribution is 2.46. The van der Waals surface area contributed by atoms with E-state index in [0.717, 1.165) is 22.3 Å². The minimum atomic E-state index is -5.08. The molecule has 0 amide bonds. The average molecular weight is 508 g/mol. The summed E-state index contributed by atoms with van der Waals surface area (Å²) in [5.41, 5.74) is 3.77. The summed E-state index contributed by atoms with van der Waals surface area (Å²) in [4.78, 5) is 15.7. The third-order valence-electron chi connectivity index (χ3n) is 6.01. The van der Waals surface area contributed by atoms with Crippen LogP contribution in [-0.4, -0.2) is 53.9 Å². The van der Waals surface area contributed by atoms with Gasteiger partial charge in [0.25, 0.3) is 0 Å². The van der Waals surface area contributed by atoms with E-state index in [2.05, 4.69) is 9.88 Å². The van der Waals surface area contributed by atoms with Crippen LogP contribution in [-0.2, 0) is 21.2 Å². The van der Waals surface area contributed by atoms with Gasteiger partial charge < -0.3 is 5.11 Å². The molecule has 1 fully saturated rings. The number of rotatable bonds is 3. The van der Waals surface area contributed by atoms with Crippen LogP contribution in [0.4, 0.5) is 17.6 Å². The number of nitrogens with zero attached hydrogens (tertiary/aromatic N) is 2. The predicted octanol–water partition coefficient (Wildman–Crippen LogP) is 4.28. The molecule has 184 valence electrons. The number of aromatic nitrogens is 1. The molecule has 2 aliphatic heterocycles. The van der Waals surface area contributed by atoms with Crippen LogP contribution >= 0.6 is 0 Å². The zero-order valence-corrected chi connectivity index (χ0v) is 18.9. The highest BCUT2D eigenvalue weighted by atomic mass is 32.2. The van der Waals surface area contributed by atoms with Crippen molar-refractivity contribution in [2.45, 2.75) is 28.8 Å². The topological polar surface area (TPSA) is 87.6 Å². The third-order valence-corrected chi connectivity index (χ3v) is 8.26. The molecule has 6 nitrogen and oxygen atoms in total. The van der Waals surface area contributed by atoms with Gasteiger partial charge >= 0.3 is 12.1 Å². The van der Waals surface area contributed by atoms with Crippen molar-refractivity contribution in [2.24, 2.45) is 0 Å². The lowest BCUT2D eigenvalue weighted by Gasteiger charge is -2.17. The maximum atomic E-state index is 13.2. The minimum absolute atomic E-state index is 0.0305. The Kier molecular flexibility index (Phi) is 6.65. The molecule has 1 aromatic heterocycles. The summed E-state index contributed by atoms with van der Waals surface area (Å²) in [5, 5.41) is 6.72. The van der Waals surface area contributed by atoms with Gasteiger partial charge in [-0.2, -0.15) is 13.2 Å². The van der Waals surface area contributed by atoms with Gasteiger partial charge in [-0.05, 0) is 52.6 Å². The lowest BCUT2D eigenvalue weighted by molar-refractivity contribution is -0.192. The molecule has 2 unspecified atom stereocenters. The Morgan fingerprint density at radius 1 is 1.06 bits per heavy atom. The van der Waals surface area contributed by atoms with E-state index in [0.29, 0.717) is 24.5 Å². The lowest BCUT2D eigenvalue weighted by atomic mass is 9.94. The lowest BCUT2D eigenvalue weighted by Crippen LogP contribution is -2.25. The van der Waals surface area contributed by atoms with Crippen LogP contribution in [0.2, 0.25) is 0 Å². The van der Waals surface area contributed by atoms with Gasteiger partial charge in [0.15, 0.2) is 9.84 Å². The van der Waals surface area contributed by atoms with Crippen LogP contribution in [0.5, 0.6) is 0 Å². The fraction of sp³-hybridized carbons (Fsp3) is 0.250. The summed E-state index contributed by atoms with van der Waals surface area (Å²) in [6, 6.07) is 15.7. The molecule has 11 heteroatoms. The number of likely N-dealkylation sites (tertiary alicyclic amines) is 1. The van der Waals surface area contributed by atoms with E-state index in [1.165, 1.54) is 12.1 Å². The standard InChI is InChI=1S/C22H19FN2O2S.C2HF3O2/c23-18-6-3-16(4-7-18)17-5-8-21-19(10-17)20-13-25(14-22(20)28(21,26)27)12-15-2-1-9-24-11-15;3-2(4,5)1(6)7/h1-11,20,22H,12-14H2;(H,6,7). The minimum Gasteiger partial charge on any atom is -0.475 e. The van der Waals surface area contributed by atoms with Gasteiger partial charge in [-0.15, -0.1) is 0 Å². The van der Waals surface area contributed by atoms with Gasteiger partial charge in [0, 0.05) is 37.9 Å². The quantitative estimate of drug-likeness (QED) is 0.532. The second-order valence-corrected chi connectivity index (χ2v) is 10.4. The summed E-state index contributed by atoms with van der Waals surface area (Å²) >= 11 is 0. The fourth-order valence-electron chi connectivity index (χ4n) is 4.43. The number of carboxylic acids is 1. The van der Waals surface area contributed by atoms with Crippen LogP contribution in [0.1, 0.15) is 17.0 Å². The third kappa shape index (κ3) is 5.20. The van der Waals surface area contributed by atoms with Crippen molar-refractivity contribution in [1.82, 2.24) is 9.88 Å². The molecule has 3 heterocycles. The molecular formula is C24H20F4N2O4S. The second-order valence-electron chi connectivity index (χ2n) is 8.31. The zero-order chi connectivity index (χ0) is 25.4. The van der Waals surface area contributed by atoms with Crippen molar-refractivity contribution >= 4 is 15.8 Å². The van der Waals surface area contributed by atoms with Gasteiger partial charge in [-0.1, -0.05) is 24.3 Å². The molecule has 35 heavy (non-hydrogen) atoms. The molecule has 0 aliphatic carbocycles. The van der Waals surface area contributed by atoms with Crippen molar-refractivity contribution < 1.29 is 35.9 Å². The first kappa shape index (κ1) is 24.8. The van der Waals surface area contributed by atoms with Crippen molar-refractivity contribution in [3.05, 3.63) is 83.9 Å². The molecule has 2 atom stereocenters. The number of pyridine rings is 1. The molecule has 1 N–H and O–H groups in total. The van der Waals surface area contributed by atoms with E-state index in [1.54, 1.807) is 24.4 Å². The molecule has 0 bridgehead atoms. The number of hydrogen-bond acceptors (Lipinski definition) is 5. The van der Waals surface area contributed by atoms with Crippen LogP contribution in [0.25, 0.3) is 11.1 Å². The van der Waals surface area contributed by atoms with Crippen molar-refractivity contribution in [1.29, 1.82) is 0 Å². The number of hydrogen-bond donors (Lipinski definition) is 1. The summed E-state index contributed by atoms with van der Waals surface area (Å²) < 4.78 is 71.1. The number of halogens is 4. The molecular weight excluding hydrogens is 488 g/mol. The van der Waals surface area contributed by atoms with Gasteiger partial charge in [0.1, 0.15) is 5.82 Å². The van der Waals surface area contributed by atoms with E-state index >= 15 is 0 Å². The number of carbonyl (C=O) groups is 1. The van der Waals surface area contributed by atoms with Gasteiger partial charge in [0.2, 0.25) is 0 Å². The molecule has 0 radical (unpaired) electrons. The molecule has 2 aromatic carbocycles. The van der Waals surface area contributed by atoms with E-state index in [1.807, 2.05) is 30.5 Å². The molecule has 0 saturated carbocycles. The molecule has 2 aliphatic rings. The fourth-order valence-corrected chi connectivity index (χ4v) is 6.62. The first-order chi connectivity index (χ1) is 16.5. The number of carboxylic acid groups (broad SMARTS) is 1. The Bertz CT molecular complexity index is 1330. The SMILES string of the molecule is O=C(O)C(F)(F)F.O=S1(=O)c2ccc(-c3ccc(F)cc3)cc2C2CN(Cc3cccnc3)CC21. The summed E-state index contributed by atoms with van der Waals surface area (Å²) in [7, 11) is -3.33. The Hall–Kier alpha value is -3.31. The number of aliphatic carboxylic acids is 1. The largest absolute Gasteiger partial charge is 0.490 e. The Labute approximate surface area is 198 Å². The van der Waals surface area contributed by atoms with Crippen molar-refractivity contribution in [2.75, 3.05) is 13.1 Å². The van der Waals surface area contributed by atoms with E-state index in [9.17, 15) is 26.0 Å². The van der Waals surface area contributed by atoms with Crippen LogP contribution in [0.3, 0.4) is 0 Å². The smallest absolute Gasteiger partial charge is 0.475 e.